The number of aromatic nitrogens is 1. The summed E-state index contributed by atoms with van der Waals surface area (Å²) < 4.78 is 29.0. The van der Waals surface area contributed by atoms with E-state index in [4.69, 9.17) is 0 Å². The molecule has 3 rings (SSSR count). The van der Waals surface area contributed by atoms with Gasteiger partial charge in [0, 0.05) is 55.9 Å². The second-order valence-corrected chi connectivity index (χ2v) is 6.89. The average Bonchev–Trinajstić information content (AvgIpc) is 2.76. The van der Waals surface area contributed by atoms with Gasteiger partial charge in [0.2, 0.25) is 5.91 Å². The van der Waals surface area contributed by atoms with E-state index in [1.54, 1.807) is 51.6 Å². The fraction of sp³-hybridized carbons (Fsp3) is 0.130. The highest BCUT2D eigenvalue weighted by Gasteiger charge is 2.15. The molecule has 1 amide bonds. The van der Waals surface area contributed by atoms with Crippen LogP contribution in [0.3, 0.4) is 0 Å². The summed E-state index contributed by atoms with van der Waals surface area (Å²) in [6, 6.07) is 10.0. The molecule has 0 bridgehead atoms. The number of rotatable bonds is 6. The third-order valence-electron chi connectivity index (χ3n) is 4.86. The summed E-state index contributed by atoms with van der Waals surface area (Å²) in [4.78, 5) is 25.8. The Labute approximate surface area is 178 Å². The molecule has 0 saturated carbocycles. The Kier molecular flexibility index (Phi) is 6.20. The van der Waals surface area contributed by atoms with Gasteiger partial charge < -0.3 is 20.1 Å². The van der Waals surface area contributed by atoms with Crippen LogP contribution >= 0.6 is 0 Å². The van der Waals surface area contributed by atoms with Gasteiger partial charge in [-0.1, -0.05) is 6.58 Å². The lowest BCUT2D eigenvalue weighted by Gasteiger charge is -2.20. The predicted octanol–water partition coefficient (Wildman–Crippen LogP) is 4.26. The molecule has 3 aromatic rings. The van der Waals surface area contributed by atoms with Crippen LogP contribution < -0.4 is 21.1 Å². The molecule has 31 heavy (non-hydrogen) atoms. The number of likely N-dealkylation sites (N-methyl/N-ethyl adjacent to an activating group) is 1. The summed E-state index contributed by atoms with van der Waals surface area (Å²) in [5, 5.41) is 5.84. The van der Waals surface area contributed by atoms with Gasteiger partial charge in [-0.25, -0.2) is 8.78 Å². The smallest absolute Gasteiger partial charge is 0.273 e. The number of nitrogens with one attached hydrogen (secondary N) is 2. The molecule has 1 heterocycles. The van der Waals surface area contributed by atoms with Gasteiger partial charge in [0.05, 0.1) is 5.69 Å². The lowest BCUT2D eigenvalue weighted by molar-refractivity contribution is -0.113. The highest BCUT2D eigenvalue weighted by atomic mass is 19.1. The fourth-order valence-electron chi connectivity index (χ4n) is 3.13. The summed E-state index contributed by atoms with van der Waals surface area (Å²) >= 11 is 0. The Morgan fingerprint density at radius 1 is 1.10 bits per heavy atom. The molecule has 8 heteroatoms. The van der Waals surface area contributed by atoms with E-state index in [0.29, 0.717) is 28.2 Å². The predicted molar refractivity (Wildman–Crippen MR) is 120 cm³/mol. The maximum atomic E-state index is 14.2. The minimum atomic E-state index is -0.745. The Morgan fingerprint density at radius 2 is 1.81 bits per heavy atom. The molecule has 6 nitrogen and oxygen atoms in total. The first-order valence-corrected chi connectivity index (χ1v) is 9.40. The van der Waals surface area contributed by atoms with Crippen molar-refractivity contribution >= 4 is 28.7 Å². The third-order valence-corrected chi connectivity index (χ3v) is 4.86. The van der Waals surface area contributed by atoms with Gasteiger partial charge in [-0.2, -0.15) is 0 Å². The van der Waals surface area contributed by atoms with Crippen molar-refractivity contribution in [1.82, 2.24) is 4.57 Å². The Morgan fingerprint density at radius 3 is 2.45 bits per heavy atom. The lowest BCUT2D eigenvalue weighted by Crippen LogP contribution is -2.23. The molecule has 0 spiro atoms. The zero-order valence-electron chi connectivity index (χ0n) is 17.4. The second-order valence-electron chi connectivity index (χ2n) is 6.89. The number of anilines is 4. The number of carbonyl (C=O) groups excluding carboxylic acids is 1. The van der Waals surface area contributed by atoms with Crippen molar-refractivity contribution in [3.8, 4) is 11.1 Å². The zero-order valence-corrected chi connectivity index (χ0v) is 17.4. The van der Waals surface area contributed by atoms with Crippen molar-refractivity contribution in [1.29, 1.82) is 0 Å². The number of hydrogen-bond donors (Lipinski definition) is 2. The monoisotopic (exact) mass is 424 g/mol. The maximum absolute atomic E-state index is 14.2. The highest BCUT2D eigenvalue weighted by molar-refractivity contribution is 6.01. The van der Waals surface area contributed by atoms with Crippen molar-refractivity contribution < 1.29 is 13.6 Å². The molecule has 0 aliphatic heterocycles. The summed E-state index contributed by atoms with van der Waals surface area (Å²) in [7, 11) is 4.87. The molecule has 0 aliphatic carbocycles. The molecule has 0 aliphatic rings. The van der Waals surface area contributed by atoms with Crippen molar-refractivity contribution in [2.45, 2.75) is 0 Å². The van der Waals surface area contributed by atoms with Crippen LogP contribution in [0.1, 0.15) is 0 Å². The van der Waals surface area contributed by atoms with E-state index in [1.165, 1.54) is 21.6 Å². The maximum Gasteiger partial charge on any atom is 0.273 e. The first-order chi connectivity index (χ1) is 14.7. The number of hydrogen-bond acceptors (Lipinski definition) is 4. The van der Waals surface area contributed by atoms with Crippen LogP contribution in [0.4, 0.5) is 31.5 Å². The lowest BCUT2D eigenvalue weighted by atomic mass is 10.0. The van der Waals surface area contributed by atoms with E-state index in [0.717, 1.165) is 12.1 Å². The number of aryl methyl sites for hydroxylation is 1. The normalized spacial score (nSPS) is 10.5. The van der Waals surface area contributed by atoms with Crippen molar-refractivity contribution in [3.05, 3.63) is 83.3 Å². The molecule has 0 radical (unpaired) electrons. The van der Waals surface area contributed by atoms with Gasteiger partial charge in [-0.3, -0.25) is 9.59 Å². The minimum absolute atomic E-state index is 0.0876. The van der Waals surface area contributed by atoms with Crippen molar-refractivity contribution in [3.63, 3.8) is 0 Å². The number of amides is 1. The molecular formula is C23H22F2N4O2. The van der Waals surface area contributed by atoms with Gasteiger partial charge in [0.25, 0.3) is 5.56 Å². The first-order valence-electron chi connectivity index (χ1n) is 9.40. The van der Waals surface area contributed by atoms with Gasteiger partial charge in [0.1, 0.15) is 17.3 Å². The Hall–Kier alpha value is -3.94. The number of pyridine rings is 1. The zero-order chi connectivity index (χ0) is 22.7. The summed E-state index contributed by atoms with van der Waals surface area (Å²) in [5.41, 5.74) is 2.60. The average molecular weight is 424 g/mol. The van der Waals surface area contributed by atoms with Gasteiger partial charge in [0.15, 0.2) is 0 Å². The summed E-state index contributed by atoms with van der Waals surface area (Å²) in [6.45, 7) is 3.50. The van der Waals surface area contributed by atoms with Gasteiger partial charge >= 0.3 is 0 Å². The van der Waals surface area contributed by atoms with Gasteiger partial charge in [-0.15, -0.1) is 0 Å². The number of carbonyl (C=O) groups is 1. The minimum Gasteiger partial charge on any atom is -0.384 e. The number of nitrogens with zero attached hydrogens (tertiary/aromatic N) is 2. The fourth-order valence-corrected chi connectivity index (χ4v) is 3.13. The largest absolute Gasteiger partial charge is 0.384 e. The van der Waals surface area contributed by atoms with Crippen LogP contribution in [0.2, 0.25) is 0 Å². The number of benzene rings is 2. The third kappa shape index (κ3) is 4.48. The molecule has 2 N–H and O–H groups in total. The number of halogens is 2. The van der Waals surface area contributed by atoms with E-state index >= 15 is 0 Å². The van der Waals surface area contributed by atoms with E-state index < -0.39 is 11.6 Å². The quantitative estimate of drug-likeness (QED) is 0.580. The molecule has 0 atom stereocenters. The van der Waals surface area contributed by atoms with Gasteiger partial charge in [-0.05, 0) is 42.5 Å². The Bertz CT molecular complexity index is 1220. The molecule has 0 unspecified atom stereocenters. The van der Waals surface area contributed by atoms with Crippen molar-refractivity contribution in [2.24, 2.45) is 7.05 Å². The summed E-state index contributed by atoms with van der Waals surface area (Å²) in [6.07, 6.45) is 2.84. The van der Waals surface area contributed by atoms with E-state index in [1.807, 2.05) is 0 Å². The van der Waals surface area contributed by atoms with Crippen LogP contribution in [0.25, 0.3) is 11.1 Å². The van der Waals surface area contributed by atoms with Crippen LogP contribution in [0.5, 0.6) is 0 Å². The second kappa shape index (κ2) is 8.83. The SMILES string of the molecule is C=CC(=O)N(C)c1ccc(Nc2ccc(F)cc2F)c(-c2cc(NC)c(=O)n(C)c2)c1. The topological polar surface area (TPSA) is 66.4 Å². The van der Waals surface area contributed by atoms with Crippen LogP contribution in [0, 0.1) is 11.6 Å². The first kappa shape index (κ1) is 21.8. The highest BCUT2D eigenvalue weighted by Crippen LogP contribution is 2.35. The summed E-state index contributed by atoms with van der Waals surface area (Å²) in [5.74, 6) is -1.72. The molecule has 0 saturated heterocycles. The molecule has 160 valence electrons. The van der Waals surface area contributed by atoms with Crippen LogP contribution in [0.15, 0.2) is 66.1 Å². The van der Waals surface area contributed by atoms with Crippen LogP contribution in [-0.4, -0.2) is 24.6 Å². The molecule has 1 aromatic heterocycles. The van der Waals surface area contributed by atoms with Crippen LogP contribution in [-0.2, 0) is 11.8 Å². The standard InChI is InChI=1S/C23H22F2N4O2/c1-5-22(30)29(4)16-7-9-19(27-20-8-6-15(24)11-18(20)25)17(12-16)14-10-21(26-2)23(31)28(3)13-14/h5-13,26-27H,1H2,2-4H3. The molecule has 0 fully saturated rings. The van der Waals surface area contributed by atoms with E-state index in [9.17, 15) is 18.4 Å². The van der Waals surface area contributed by atoms with Crippen molar-refractivity contribution in [2.75, 3.05) is 29.6 Å². The van der Waals surface area contributed by atoms with E-state index in [2.05, 4.69) is 17.2 Å². The van der Waals surface area contributed by atoms with E-state index in [-0.39, 0.29) is 17.2 Å². The molecule has 2 aromatic carbocycles. The molecular weight excluding hydrogens is 402 g/mol. The Balaban J connectivity index is 2.19.